The van der Waals surface area contributed by atoms with Crippen LogP contribution in [-0.4, -0.2) is 11.1 Å². The van der Waals surface area contributed by atoms with Gasteiger partial charge in [-0.1, -0.05) is 19.3 Å². The van der Waals surface area contributed by atoms with Crippen molar-refractivity contribution in [1.29, 1.82) is 0 Å². The fourth-order valence-corrected chi connectivity index (χ4v) is 2.72. The Balaban J connectivity index is 2.06. The van der Waals surface area contributed by atoms with Crippen molar-refractivity contribution in [1.82, 2.24) is 4.98 Å². The maximum Gasteiger partial charge on any atom is 0.138 e. The molecule has 0 spiro atoms. The lowest BCUT2D eigenvalue weighted by Crippen LogP contribution is -2.23. The van der Waals surface area contributed by atoms with Crippen LogP contribution in [0.2, 0.25) is 0 Å². The van der Waals surface area contributed by atoms with Crippen LogP contribution in [0, 0.1) is 5.92 Å². The van der Waals surface area contributed by atoms with Crippen molar-refractivity contribution >= 4 is 0 Å². The van der Waals surface area contributed by atoms with Crippen LogP contribution in [0.4, 0.5) is 0 Å². The van der Waals surface area contributed by atoms with E-state index in [1.807, 2.05) is 26.1 Å². The van der Waals surface area contributed by atoms with Gasteiger partial charge in [0.05, 0.1) is 12.3 Å². The maximum atomic E-state index is 6.37. The Hall–Kier alpha value is -1.09. The van der Waals surface area contributed by atoms with E-state index < -0.39 is 0 Å². The number of pyridine rings is 1. The molecule has 0 amide bonds. The Morgan fingerprint density at radius 1 is 1.22 bits per heavy atom. The average Bonchev–Trinajstić information content (AvgIpc) is 2.38. The van der Waals surface area contributed by atoms with Crippen LogP contribution in [-0.2, 0) is 0 Å². The Kier molecular flexibility index (Phi) is 4.59. The van der Waals surface area contributed by atoms with E-state index in [0.717, 1.165) is 11.3 Å². The van der Waals surface area contributed by atoms with Crippen LogP contribution in [0.5, 0.6) is 5.75 Å². The first kappa shape index (κ1) is 13.3. The molecule has 1 unspecified atom stereocenters. The van der Waals surface area contributed by atoms with E-state index in [9.17, 15) is 0 Å². The van der Waals surface area contributed by atoms with Gasteiger partial charge in [0.25, 0.3) is 0 Å². The summed E-state index contributed by atoms with van der Waals surface area (Å²) in [6.45, 7) is 4.04. The van der Waals surface area contributed by atoms with Crippen LogP contribution in [0.1, 0.15) is 57.6 Å². The van der Waals surface area contributed by atoms with Gasteiger partial charge >= 0.3 is 0 Å². The average molecular weight is 248 g/mol. The van der Waals surface area contributed by atoms with Gasteiger partial charge in [-0.2, -0.15) is 0 Å². The SMILES string of the molecule is CC(C)Oc1cncc(C(N)C2CCCCC2)c1. The van der Waals surface area contributed by atoms with Crippen LogP contribution in [0.3, 0.4) is 0 Å². The van der Waals surface area contributed by atoms with Gasteiger partial charge in [-0.25, -0.2) is 0 Å². The molecule has 1 atom stereocenters. The molecule has 0 bridgehead atoms. The number of nitrogens with zero attached hydrogens (tertiary/aromatic N) is 1. The highest BCUT2D eigenvalue weighted by molar-refractivity contribution is 5.26. The number of rotatable bonds is 4. The second-order valence-corrected chi connectivity index (χ2v) is 5.54. The first-order valence-corrected chi connectivity index (χ1v) is 7.04. The predicted octanol–water partition coefficient (Wildman–Crippen LogP) is 3.45. The minimum atomic E-state index is 0.105. The highest BCUT2D eigenvalue weighted by atomic mass is 16.5. The Morgan fingerprint density at radius 2 is 1.94 bits per heavy atom. The Labute approximate surface area is 110 Å². The lowest BCUT2D eigenvalue weighted by Gasteiger charge is -2.27. The fraction of sp³-hybridized carbons (Fsp3) is 0.667. The maximum absolute atomic E-state index is 6.37. The molecule has 1 aliphatic rings. The molecule has 1 aromatic rings. The highest BCUT2D eigenvalue weighted by Crippen LogP contribution is 2.33. The lowest BCUT2D eigenvalue weighted by atomic mass is 9.82. The summed E-state index contributed by atoms with van der Waals surface area (Å²) in [5.74, 6) is 1.43. The molecule has 2 N–H and O–H groups in total. The number of ether oxygens (including phenoxy) is 1. The molecule has 1 fully saturated rings. The molecule has 1 heterocycles. The third-order valence-electron chi connectivity index (χ3n) is 3.65. The summed E-state index contributed by atoms with van der Waals surface area (Å²) in [6.07, 6.45) is 10.3. The number of aromatic nitrogens is 1. The quantitative estimate of drug-likeness (QED) is 0.887. The molecular formula is C15H24N2O. The number of nitrogens with two attached hydrogens (primary N) is 1. The molecule has 0 aromatic carbocycles. The zero-order valence-electron chi connectivity index (χ0n) is 11.4. The molecule has 3 nitrogen and oxygen atoms in total. The second-order valence-electron chi connectivity index (χ2n) is 5.54. The highest BCUT2D eigenvalue weighted by Gasteiger charge is 2.22. The smallest absolute Gasteiger partial charge is 0.138 e. The molecule has 2 rings (SSSR count). The summed E-state index contributed by atoms with van der Waals surface area (Å²) in [5.41, 5.74) is 7.49. The van der Waals surface area contributed by atoms with Crippen LogP contribution >= 0.6 is 0 Å². The third-order valence-corrected chi connectivity index (χ3v) is 3.65. The molecular weight excluding hydrogens is 224 g/mol. The number of hydrogen-bond acceptors (Lipinski definition) is 3. The van der Waals surface area contributed by atoms with Crippen LogP contribution in [0.25, 0.3) is 0 Å². The van der Waals surface area contributed by atoms with Gasteiger partial charge in [-0.3, -0.25) is 4.98 Å². The van der Waals surface area contributed by atoms with Crippen molar-refractivity contribution in [2.75, 3.05) is 0 Å². The third kappa shape index (κ3) is 3.45. The van der Waals surface area contributed by atoms with E-state index in [-0.39, 0.29) is 12.1 Å². The zero-order chi connectivity index (χ0) is 13.0. The molecule has 1 saturated carbocycles. The van der Waals surface area contributed by atoms with Gasteiger partial charge in [-0.15, -0.1) is 0 Å². The summed E-state index contributed by atoms with van der Waals surface area (Å²) in [7, 11) is 0. The summed E-state index contributed by atoms with van der Waals surface area (Å²) in [6, 6.07) is 2.15. The molecule has 100 valence electrons. The van der Waals surface area contributed by atoms with Crippen LogP contribution in [0.15, 0.2) is 18.5 Å². The molecule has 1 aromatic heterocycles. The summed E-state index contributed by atoms with van der Waals surface area (Å²) >= 11 is 0. The Morgan fingerprint density at radius 3 is 2.61 bits per heavy atom. The molecule has 3 heteroatoms. The lowest BCUT2D eigenvalue weighted by molar-refractivity contribution is 0.240. The topological polar surface area (TPSA) is 48.1 Å². The van der Waals surface area contributed by atoms with Gasteiger partial charge in [0, 0.05) is 12.2 Å². The van der Waals surface area contributed by atoms with E-state index in [1.165, 1.54) is 32.1 Å². The van der Waals surface area contributed by atoms with Crippen molar-refractivity contribution in [2.24, 2.45) is 11.7 Å². The van der Waals surface area contributed by atoms with E-state index in [1.54, 1.807) is 6.20 Å². The van der Waals surface area contributed by atoms with E-state index in [0.29, 0.717) is 5.92 Å². The van der Waals surface area contributed by atoms with Gasteiger partial charge < -0.3 is 10.5 Å². The Bertz CT molecular complexity index is 373. The van der Waals surface area contributed by atoms with E-state index in [2.05, 4.69) is 4.98 Å². The normalized spacial score (nSPS) is 18.9. The first-order valence-electron chi connectivity index (χ1n) is 7.04. The monoisotopic (exact) mass is 248 g/mol. The van der Waals surface area contributed by atoms with Gasteiger partial charge in [-0.05, 0) is 44.2 Å². The summed E-state index contributed by atoms with van der Waals surface area (Å²) in [4.78, 5) is 4.25. The fourth-order valence-electron chi connectivity index (χ4n) is 2.72. The van der Waals surface area contributed by atoms with Crippen molar-refractivity contribution < 1.29 is 4.74 Å². The van der Waals surface area contributed by atoms with Crippen molar-refractivity contribution in [2.45, 2.75) is 58.1 Å². The van der Waals surface area contributed by atoms with E-state index in [4.69, 9.17) is 10.5 Å². The van der Waals surface area contributed by atoms with Crippen molar-refractivity contribution in [3.8, 4) is 5.75 Å². The van der Waals surface area contributed by atoms with E-state index >= 15 is 0 Å². The molecule has 0 radical (unpaired) electrons. The van der Waals surface area contributed by atoms with Gasteiger partial charge in [0.2, 0.25) is 0 Å². The standard InChI is InChI=1S/C15H24N2O/c1-11(2)18-14-8-13(9-17-10-14)15(16)12-6-4-3-5-7-12/h8-12,15H,3-7,16H2,1-2H3. The summed E-state index contributed by atoms with van der Waals surface area (Å²) < 4.78 is 5.67. The largest absolute Gasteiger partial charge is 0.489 e. The minimum Gasteiger partial charge on any atom is -0.489 e. The molecule has 0 aliphatic heterocycles. The summed E-state index contributed by atoms with van der Waals surface area (Å²) in [5, 5.41) is 0. The zero-order valence-corrected chi connectivity index (χ0v) is 11.4. The predicted molar refractivity (Wildman–Crippen MR) is 73.5 cm³/mol. The second kappa shape index (κ2) is 6.19. The molecule has 0 saturated heterocycles. The van der Waals surface area contributed by atoms with Crippen molar-refractivity contribution in [3.05, 3.63) is 24.0 Å². The molecule has 1 aliphatic carbocycles. The first-order chi connectivity index (χ1) is 8.66. The number of hydrogen-bond donors (Lipinski definition) is 1. The van der Waals surface area contributed by atoms with Gasteiger partial charge in [0.15, 0.2) is 0 Å². The minimum absolute atomic E-state index is 0.105. The van der Waals surface area contributed by atoms with Crippen LogP contribution < -0.4 is 10.5 Å². The van der Waals surface area contributed by atoms with Crippen molar-refractivity contribution in [3.63, 3.8) is 0 Å². The molecule has 18 heavy (non-hydrogen) atoms. The van der Waals surface area contributed by atoms with Gasteiger partial charge in [0.1, 0.15) is 5.75 Å².